The van der Waals surface area contributed by atoms with Crippen molar-refractivity contribution in [2.45, 2.75) is 48.8 Å². The van der Waals surface area contributed by atoms with E-state index in [-0.39, 0.29) is 17.6 Å². The molecule has 2 aliphatic rings. The highest BCUT2D eigenvalue weighted by Gasteiger charge is 2.36. The van der Waals surface area contributed by atoms with Crippen molar-refractivity contribution in [3.05, 3.63) is 23.9 Å². The van der Waals surface area contributed by atoms with E-state index in [0.29, 0.717) is 16.1 Å². The molecule has 0 aromatic carbocycles. The van der Waals surface area contributed by atoms with E-state index in [4.69, 9.17) is 0 Å². The van der Waals surface area contributed by atoms with Crippen molar-refractivity contribution < 1.29 is 22.7 Å². The highest BCUT2D eigenvalue weighted by molar-refractivity contribution is 8.00. The first-order chi connectivity index (χ1) is 10.9. The van der Waals surface area contributed by atoms with Crippen molar-refractivity contribution in [1.29, 1.82) is 0 Å². The molecule has 2 aliphatic heterocycles. The van der Waals surface area contributed by atoms with E-state index in [1.54, 1.807) is 0 Å². The van der Waals surface area contributed by atoms with Crippen molar-refractivity contribution in [3.8, 4) is 5.88 Å². The molecular weight excluding hydrogens is 327 g/mol. The summed E-state index contributed by atoms with van der Waals surface area (Å²) in [5.74, 6) is -0.0534. The number of ether oxygens (including phenoxy) is 1. The summed E-state index contributed by atoms with van der Waals surface area (Å²) in [7, 11) is 0. The van der Waals surface area contributed by atoms with Gasteiger partial charge in [0, 0.05) is 34.2 Å². The fourth-order valence-corrected chi connectivity index (χ4v) is 5.11. The van der Waals surface area contributed by atoms with Crippen molar-refractivity contribution in [2.75, 3.05) is 6.61 Å². The molecule has 0 amide bonds. The van der Waals surface area contributed by atoms with Crippen LogP contribution in [0.15, 0.2) is 18.3 Å². The average molecular weight is 345 g/mol. The predicted octanol–water partition coefficient (Wildman–Crippen LogP) is 4.27. The average Bonchev–Trinajstić information content (AvgIpc) is 2.51. The van der Waals surface area contributed by atoms with Gasteiger partial charge in [-0.15, -0.1) is 0 Å². The lowest BCUT2D eigenvalue weighted by Gasteiger charge is -2.37. The van der Waals surface area contributed by atoms with Gasteiger partial charge in [0.15, 0.2) is 12.4 Å². The fourth-order valence-electron chi connectivity index (χ4n) is 3.28. The second kappa shape index (κ2) is 6.71. The monoisotopic (exact) mass is 345 g/mol. The molecule has 3 nitrogen and oxygen atoms in total. The van der Waals surface area contributed by atoms with Crippen molar-refractivity contribution in [2.24, 2.45) is 5.92 Å². The van der Waals surface area contributed by atoms with Crippen LogP contribution >= 0.6 is 11.8 Å². The Bertz CT molecular complexity index is 549. The number of alkyl halides is 3. The first-order valence-electron chi connectivity index (χ1n) is 7.76. The number of Topliss-reactive ketones (excluding diaryl/α,β-unsaturated/α-hetero) is 1. The summed E-state index contributed by atoms with van der Waals surface area (Å²) < 4.78 is 40.8. The van der Waals surface area contributed by atoms with Gasteiger partial charge in [-0.3, -0.25) is 4.79 Å². The summed E-state index contributed by atoms with van der Waals surface area (Å²) in [5.41, 5.74) is 0.458. The molecule has 0 saturated carbocycles. The van der Waals surface area contributed by atoms with Crippen LogP contribution in [0.3, 0.4) is 0 Å². The molecule has 1 aromatic rings. The van der Waals surface area contributed by atoms with Crippen LogP contribution in [-0.2, 0) is 0 Å². The normalized spacial score (nSPS) is 27.5. The Morgan fingerprint density at radius 2 is 1.96 bits per heavy atom. The Hall–Kier alpha value is -1.24. The van der Waals surface area contributed by atoms with Gasteiger partial charge in [-0.1, -0.05) is 6.42 Å². The van der Waals surface area contributed by atoms with Gasteiger partial charge < -0.3 is 4.74 Å². The molecule has 23 heavy (non-hydrogen) atoms. The lowest BCUT2D eigenvalue weighted by Crippen LogP contribution is -2.32. The Labute approximate surface area is 137 Å². The Morgan fingerprint density at radius 1 is 1.26 bits per heavy atom. The molecule has 7 heteroatoms. The van der Waals surface area contributed by atoms with Crippen LogP contribution in [0.2, 0.25) is 0 Å². The number of rotatable bonds is 4. The smallest absolute Gasteiger partial charge is 0.422 e. The van der Waals surface area contributed by atoms with Gasteiger partial charge in [0.1, 0.15) is 0 Å². The van der Waals surface area contributed by atoms with Gasteiger partial charge in [0.05, 0.1) is 0 Å². The number of ketones is 1. The summed E-state index contributed by atoms with van der Waals surface area (Å²) in [6.07, 6.45) is 2.31. The molecule has 3 rings (SSSR count). The zero-order chi connectivity index (χ0) is 16.4. The maximum atomic E-state index is 12.6. The number of hydrogen-bond donors (Lipinski definition) is 0. The highest BCUT2D eigenvalue weighted by Crippen LogP contribution is 2.44. The van der Waals surface area contributed by atoms with Gasteiger partial charge in [-0.25, -0.2) is 4.98 Å². The molecule has 1 aromatic heterocycles. The molecule has 2 unspecified atom stereocenters. The Kier molecular flexibility index (Phi) is 4.85. The molecule has 2 saturated heterocycles. The van der Waals surface area contributed by atoms with E-state index in [2.05, 4.69) is 9.72 Å². The first kappa shape index (κ1) is 16.6. The molecule has 0 aliphatic carbocycles. The molecule has 2 atom stereocenters. The van der Waals surface area contributed by atoms with E-state index in [9.17, 15) is 18.0 Å². The maximum absolute atomic E-state index is 12.6. The summed E-state index contributed by atoms with van der Waals surface area (Å²) in [6.45, 7) is -1.38. The predicted molar refractivity (Wildman–Crippen MR) is 81.9 cm³/mol. The molecular formula is C16H18F3NO2S. The lowest BCUT2D eigenvalue weighted by molar-refractivity contribution is -0.154. The van der Waals surface area contributed by atoms with E-state index in [0.717, 1.165) is 12.8 Å². The van der Waals surface area contributed by atoms with E-state index in [1.165, 1.54) is 37.6 Å². The first-order valence-corrected chi connectivity index (χ1v) is 8.70. The number of nitrogens with zero attached hydrogens (tertiary/aromatic N) is 1. The van der Waals surface area contributed by atoms with Gasteiger partial charge in [-0.2, -0.15) is 24.9 Å². The minimum atomic E-state index is -4.40. The third-order valence-electron chi connectivity index (χ3n) is 4.31. The number of carbonyl (C=O) groups excluding carboxylic acids is 1. The van der Waals surface area contributed by atoms with E-state index >= 15 is 0 Å². The van der Waals surface area contributed by atoms with Gasteiger partial charge >= 0.3 is 6.18 Å². The van der Waals surface area contributed by atoms with Crippen LogP contribution in [0.25, 0.3) is 0 Å². The maximum Gasteiger partial charge on any atom is 0.422 e. The number of aromatic nitrogens is 1. The van der Waals surface area contributed by atoms with Crippen LogP contribution in [0, 0.1) is 5.92 Å². The SMILES string of the molecule is O=C(c1ccc(OCC(F)(F)F)nc1)C1CC2CCCC(C1)S2. The fraction of sp³-hybridized carbons (Fsp3) is 0.625. The summed E-state index contributed by atoms with van der Waals surface area (Å²) in [4.78, 5) is 16.4. The molecule has 2 fully saturated rings. The third-order valence-corrected chi connectivity index (χ3v) is 5.93. The van der Waals surface area contributed by atoms with Crippen LogP contribution in [0.5, 0.6) is 5.88 Å². The molecule has 3 heterocycles. The number of carbonyl (C=O) groups is 1. The zero-order valence-electron chi connectivity index (χ0n) is 12.5. The number of pyridine rings is 1. The van der Waals surface area contributed by atoms with Crippen molar-refractivity contribution in [1.82, 2.24) is 4.98 Å². The number of fused-ring (bicyclic) bond motifs is 2. The largest absolute Gasteiger partial charge is 0.468 e. The zero-order valence-corrected chi connectivity index (χ0v) is 13.3. The highest BCUT2D eigenvalue weighted by atomic mass is 32.2. The molecule has 126 valence electrons. The van der Waals surface area contributed by atoms with Gasteiger partial charge in [0.25, 0.3) is 0 Å². The van der Waals surface area contributed by atoms with Crippen LogP contribution in [0.4, 0.5) is 13.2 Å². The third kappa shape index (κ3) is 4.40. The molecule has 0 spiro atoms. The summed E-state index contributed by atoms with van der Waals surface area (Å²) in [5, 5.41) is 1.14. The summed E-state index contributed by atoms with van der Waals surface area (Å²) >= 11 is 2.01. The molecule has 0 radical (unpaired) electrons. The molecule has 2 bridgehead atoms. The standard InChI is InChI=1S/C16H18F3NO2S/c17-16(18,19)9-22-14-5-4-10(8-20-14)15(21)11-6-12-2-1-3-13(7-11)23-12/h4-5,8,11-13H,1-3,6-7,9H2. The van der Waals surface area contributed by atoms with E-state index < -0.39 is 12.8 Å². The second-order valence-corrected chi connectivity index (χ2v) is 7.74. The van der Waals surface area contributed by atoms with E-state index in [1.807, 2.05) is 11.8 Å². The number of hydrogen-bond acceptors (Lipinski definition) is 4. The quantitative estimate of drug-likeness (QED) is 0.764. The van der Waals surface area contributed by atoms with Crippen molar-refractivity contribution >= 4 is 17.5 Å². The lowest BCUT2D eigenvalue weighted by atomic mass is 9.85. The number of halogens is 3. The second-order valence-electron chi connectivity index (χ2n) is 6.13. The minimum absolute atomic E-state index is 0.00953. The Morgan fingerprint density at radius 3 is 2.52 bits per heavy atom. The molecule has 0 N–H and O–H groups in total. The van der Waals surface area contributed by atoms with Crippen LogP contribution in [0.1, 0.15) is 42.5 Å². The topological polar surface area (TPSA) is 39.2 Å². The van der Waals surface area contributed by atoms with Crippen LogP contribution < -0.4 is 4.74 Å². The minimum Gasteiger partial charge on any atom is -0.468 e. The van der Waals surface area contributed by atoms with Gasteiger partial charge in [-0.05, 0) is 31.7 Å². The van der Waals surface area contributed by atoms with Crippen molar-refractivity contribution in [3.63, 3.8) is 0 Å². The Balaban J connectivity index is 1.61. The van der Waals surface area contributed by atoms with Gasteiger partial charge in [0.2, 0.25) is 5.88 Å². The summed E-state index contributed by atoms with van der Waals surface area (Å²) in [6, 6.07) is 2.84. The van der Waals surface area contributed by atoms with Crippen LogP contribution in [-0.4, -0.2) is 34.1 Å². The number of thioether (sulfide) groups is 1.